The van der Waals surface area contributed by atoms with Gasteiger partial charge in [-0.1, -0.05) is 18.2 Å². The minimum absolute atomic E-state index is 0.382. The van der Waals surface area contributed by atoms with Gasteiger partial charge in [0.25, 0.3) is 0 Å². The van der Waals surface area contributed by atoms with E-state index in [9.17, 15) is 12.3 Å². The van der Waals surface area contributed by atoms with Gasteiger partial charge in [-0.25, -0.2) is 5.06 Å². The molecule has 0 heterocycles. The van der Waals surface area contributed by atoms with Crippen LogP contribution in [0.2, 0.25) is 0 Å². The number of hydrogen-bond donors (Lipinski definition) is 0. The number of halogens is 1. The molecule has 2 aromatic rings. The van der Waals surface area contributed by atoms with E-state index in [-0.39, 0.29) is 4.90 Å². The molecular formula is C14H14FNO3S. The number of rotatable bonds is 5. The molecule has 0 spiro atoms. The number of hydroxylamine groups is 1. The van der Waals surface area contributed by atoms with Gasteiger partial charge in [0.15, 0.2) is 5.75 Å². The van der Waals surface area contributed by atoms with E-state index in [1.165, 1.54) is 24.3 Å². The van der Waals surface area contributed by atoms with E-state index in [0.29, 0.717) is 12.3 Å². The molecule has 0 aliphatic rings. The summed E-state index contributed by atoms with van der Waals surface area (Å²) < 4.78 is 34.2. The second kappa shape index (κ2) is 5.92. The van der Waals surface area contributed by atoms with Gasteiger partial charge in [-0.2, -0.15) is 8.42 Å². The zero-order valence-electron chi connectivity index (χ0n) is 10.9. The largest absolute Gasteiger partial charge is 0.380 e. The fourth-order valence-electron chi connectivity index (χ4n) is 1.68. The molecule has 0 atom stereocenters. The van der Waals surface area contributed by atoms with Gasteiger partial charge in [-0.05, 0) is 43.3 Å². The predicted octanol–water partition coefficient (Wildman–Crippen LogP) is 3.17. The summed E-state index contributed by atoms with van der Waals surface area (Å²) in [5, 5.41) is 1.65. The van der Waals surface area contributed by atoms with Crippen LogP contribution in [0.5, 0.6) is 5.75 Å². The second-order valence-electron chi connectivity index (χ2n) is 4.03. The third-order valence-corrected chi connectivity index (χ3v) is 3.49. The Labute approximate surface area is 117 Å². The van der Waals surface area contributed by atoms with Crippen LogP contribution in [0.1, 0.15) is 6.92 Å². The average Bonchev–Trinajstić information content (AvgIpc) is 2.45. The topological polar surface area (TPSA) is 46.6 Å². The van der Waals surface area contributed by atoms with Crippen molar-refractivity contribution in [3.05, 3.63) is 54.6 Å². The number of anilines is 1. The maximum atomic E-state index is 12.8. The maximum Gasteiger partial charge on any atom is 0.332 e. The monoisotopic (exact) mass is 295 g/mol. The molecule has 4 nitrogen and oxygen atoms in total. The summed E-state index contributed by atoms with van der Waals surface area (Å²) >= 11 is 0. The maximum absolute atomic E-state index is 12.8. The molecule has 0 N–H and O–H groups in total. The number of hydrogen-bond acceptors (Lipinski definition) is 4. The molecule has 6 heteroatoms. The normalized spacial score (nSPS) is 11.1. The number of benzene rings is 2. The summed E-state index contributed by atoms with van der Waals surface area (Å²) in [4.78, 5) is 5.25. The van der Waals surface area contributed by atoms with Crippen molar-refractivity contribution in [2.75, 3.05) is 11.6 Å². The first-order valence-corrected chi connectivity index (χ1v) is 7.44. The zero-order valence-corrected chi connectivity index (χ0v) is 11.7. The Balaban J connectivity index is 2.17. The number of nitrogens with zero attached hydrogens (tertiary/aromatic N) is 1. The highest BCUT2D eigenvalue weighted by Crippen LogP contribution is 2.21. The lowest BCUT2D eigenvalue weighted by molar-refractivity contribution is 0.284. The Morgan fingerprint density at radius 1 is 1.05 bits per heavy atom. The first-order chi connectivity index (χ1) is 9.50. The predicted molar refractivity (Wildman–Crippen MR) is 74.8 cm³/mol. The van der Waals surface area contributed by atoms with Crippen LogP contribution in [0.25, 0.3) is 0 Å². The van der Waals surface area contributed by atoms with Gasteiger partial charge >= 0.3 is 10.2 Å². The summed E-state index contributed by atoms with van der Waals surface area (Å²) in [6, 6.07) is 14.6. The van der Waals surface area contributed by atoms with Crippen LogP contribution in [-0.2, 0) is 10.2 Å². The highest BCUT2D eigenvalue weighted by Gasteiger charge is 2.12. The minimum atomic E-state index is -4.67. The van der Waals surface area contributed by atoms with Gasteiger partial charge in [0.1, 0.15) is 0 Å². The molecule has 20 heavy (non-hydrogen) atoms. The lowest BCUT2D eigenvalue weighted by atomic mass is 10.3. The van der Waals surface area contributed by atoms with Gasteiger partial charge in [0, 0.05) is 0 Å². The Morgan fingerprint density at radius 2 is 1.65 bits per heavy atom. The molecule has 2 rings (SSSR count). The van der Waals surface area contributed by atoms with Crippen molar-refractivity contribution in [3.8, 4) is 5.75 Å². The molecule has 0 aliphatic heterocycles. The van der Waals surface area contributed by atoms with Crippen molar-refractivity contribution >= 4 is 15.9 Å². The summed E-state index contributed by atoms with van der Waals surface area (Å²) in [5.41, 5.74) is 0.872. The molecule has 0 aromatic heterocycles. The van der Waals surface area contributed by atoms with E-state index in [1.54, 1.807) is 5.06 Å². The Bertz CT molecular complexity index is 657. The quantitative estimate of drug-likeness (QED) is 0.628. The fraction of sp³-hybridized carbons (Fsp3) is 0.143. The van der Waals surface area contributed by atoms with E-state index in [1.807, 2.05) is 37.3 Å². The summed E-state index contributed by atoms with van der Waals surface area (Å²) in [7, 11) is -4.67. The first-order valence-electron chi connectivity index (χ1n) is 6.06. The van der Waals surface area contributed by atoms with Crippen molar-refractivity contribution < 1.29 is 17.1 Å². The Kier molecular flexibility index (Phi) is 4.24. The van der Waals surface area contributed by atoms with E-state index >= 15 is 0 Å². The minimum Gasteiger partial charge on any atom is -0.380 e. The van der Waals surface area contributed by atoms with Crippen molar-refractivity contribution in [2.45, 2.75) is 11.8 Å². The van der Waals surface area contributed by atoms with Crippen molar-refractivity contribution in [2.24, 2.45) is 0 Å². The zero-order chi connectivity index (χ0) is 14.6. The average molecular weight is 295 g/mol. The van der Waals surface area contributed by atoms with Gasteiger partial charge in [-0.15, -0.1) is 3.89 Å². The Morgan fingerprint density at radius 3 is 2.15 bits per heavy atom. The smallest absolute Gasteiger partial charge is 0.332 e. The van der Waals surface area contributed by atoms with E-state index in [2.05, 4.69) is 0 Å². The van der Waals surface area contributed by atoms with E-state index in [4.69, 9.17) is 4.84 Å². The summed E-state index contributed by atoms with van der Waals surface area (Å²) in [5.74, 6) is 0.433. The first kappa shape index (κ1) is 14.3. The van der Waals surface area contributed by atoms with Crippen LogP contribution >= 0.6 is 0 Å². The molecular weight excluding hydrogens is 281 g/mol. The standard InChI is InChI=1S/C14H14FNO3S/c1-2-16(12-6-4-3-5-7-12)19-13-8-10-14(11-9-13)20(15,17)18/h3-11H,2H2,1H3. The Hall–Kier alpha value is -2.08. The fourth-order valence-corrected chi connectivity index (χ4v) is 2.15. The molecule has 0 aliphatic carbocycles. The summed E-state index contributed by atoms with van der Waals surface area (Å²) in [6.07, 6.45) is 0. The lowest BCUT2D eigenvalue weighted by Crippen LogP contribution is -2.26. The molecule has 106 valence electrons. The van der Waals surface area contributed by atoms with E-state index < -0.39 is 10.2 Å². The van der Waals surface area contributed by atoms with Crippen LogP contribution in [0.15, 0.2) is 59.5 Å². The highest BCUT2D eigenvalue weighted by molar-refractivity contribution is 7.86. The third kappa shape index (κ3) is 3.48. The SMILES string of the molecule is CCN(Oc1ccc(S(=O)(=O)F)cc1)c1ccccc1. The van der Waals surface area contributed by atoms with E-state index in [0.717, 1.165) is 5.69 Å². The molecule has 0 unspecified atom stereocenters. The van der Waals surface area contributed by atoms with Crippen LogP contribution in [0, 0.1) is 0 Å². The molecule has 0 bridgehead atoms. The van der Waals surface area contributed by atoms with Crippen LogP contribution in [-0.4, -0.2) is 15.0 Å². The molecule has 0 saturated carbocycles. The van der Waals surface area contributed by atoms with Crippen molar-refractivity contribution in [3.63, 3.8) is 0 Å². The van der Waals surface area contributed by atoms with Crippen LogP contribution in [0.3, 0.4) is 0 Å². The lowest BCUT2D eigenvalue weighted by Gasteiger charge is -2.22. The molecule has 2 aromatic carbocycles. The van der Waals surface area contributed by atoms with Crippen molar-refractivity contribution in [1.82, 2.24) is 0 Å². The van der Waals surface area contributed by atoms with Gasteiger partial charge < -0.3 is 4.84 Å². The van der Waals surface area contributed by atoms with Crippen LogP contribution < -0.4 is 9.90 Å². The van der Waals surface area contributed by atoms with Crippen molar-refractivity contribution in [1.29, 1.82) is 0 Å². The van der Waals surface area contributed by atoms with Gasteiger partial charge in [0.05, 0.1) is 17.1 Å². The molecule has 0 saturated heterocycles. The molecule has 0 amide bonds. The van der Waals surface area contributed by atoms with Crippen LogP contribution in [0.4, 0.5) is 9.57 Å². The van der Waals surface area contributed by atoms with Gasteiger partial charge in [-0.3, -0.25) is 0 Å². The second-order valence-corrected chi connectivity index (χ2v) is 5.38. The summed E-state index contributed by atoms with van der Waals surface area (Å²) in [6.45, 7) is 2.53. The van der Waals surface area contributed by atoms with Gasteiger partial charge in [0.2, 0.25) is 0 Å². The highest BCUT2D eigenvalue weighted by atomic mass is 32.3. The molecule has 0 radical (unpaired) electrons. The molecule has 0 fully saturated rings. The number of para-hydroxylation sites is 1. The third-order valence-electron chi connectivity index (χ3n) is 2.65.